The van der Waals surface area contributed by atoms with E-state index in [0.717, 1.165) is 44.0 Å². The number of hydrogen-bond donors (Lipinski definition) is 1. The van der Waals surface area contributed by atoms with Crippen molar-refractivity contribution in [3.8, 4) is 0 Å². The van der Waals surface area contributed by atoms with Gasteiger partial charge < -0.3 is 10.2 Å². The molecule has 1 N–H and O–H groups in total. The van der Waals surface area contributed by atoms with Crippen LogP contribution in [0.5, 0.6) is 0 Å². The Bertz CT molecular complexity index is 1070. The first-order chi connectivity index (χ1) is 14.5. The van der Waals surface area contributed by atoms with E-state index >= 15 is 0 Å². The van der Waals surface area contributed by atoms with Gasteiger partial charge in [0.25, 0.3) is 0 Å². The predicted molar refractivity (Wildman–Crippen MR) is 110 cm³/mol. The second-order valence-corrected chi connectivity index (χ2v) is 9.97. The van der Waals surface area contributed by atoms with Crippen LogP contribution in [0, 0.1) is 0 Å². The Hall–Kier alpha value is -2.47. The molecule has 168 valence electrons. The summed E-state index contributed by atoms with van der Waals surface area (Å²) in [5, 5.41) is 2.86. The number of alkyl halides is 3. The molecular formula is C19H23F3N6O2S. The van der Waals surface area contributed by atoms with Gasteiger partial charge in [-0.3, -0.25) is 0 Å². The maximum atomic E-state index is 13.0. The monoisotopic (exact) mass is 456 g/mol. The van der Waals surface area contributed by atoms with E-state index in [0.29, 0.717) is 30.5 Å². The van der Waals surface area contributed by atoms with Crippen LogP contribution < -0.4 is 10.2 Å². The lowest BCUT2D eigenvalue weighted by atomic mass is 9.99. The van der Waals surface area contributed by atoms with Gasteiger partial charge in [0.2, 0.25) is 16.0 Å². The molecule has 0 amide bonds. The first-order valence-corrected chi connectivity index (χ1v) is 11.8. The van der Waals surface area contributed by atoms with Crippen molar-refractivity contribution in [2.75, 3.05) is 36.1 Å². The average Bonchev–Trinajstić information content (AvgIpc) is 3.04. The Morgan fingerprint density at radius 1 is 1.16 bits per heavy atom. The first kappa shape index (κ1) is 21.8. The Morgan fingerprint density at radius 2 is 1.90 bits per heavy atom. The van der Waals surface area contributed by atoms with Gasteiger partial charge in [0, 0.05) is 43.9 Å². The highest BCUT2D eigenvalue weighted by atomic mass is 32.2. The summed E-state index contributed by atoms with van der Waals surface area (Å²) < 4.78 is 63.9. The highest BCUT2D eigenvalue weighted by molar-refractivity contribution is 7.88. The topological polar surface area (TPSA) is 91.3 Å². The predicted octanol–water partition coefficient (Wildman–Crippen LogP) is 2.98. The van der Waals surface area contributed by atoms with Crippen LogP contribution in [0.15, 0.2) is 24.4 Å². The molecule has 4 heterocycles. The smallest absolute Gasteiger partial charge is 0.338 e. The molecule has 2 aromatic rings. The van der Waals surface area contributed by atoms with Crippen molar-refractivity contribution in [3.63, 3.8) is 0 Å². The molecule has 8 nitrogen and oxygen atoms in total. The molecule has 0 saturated carbocycles. The molecule has 2 aliphatic heterocycles. The lowest BCUT2D eigenvalue weighted by molar-refractivity contribution is -0.137. The second-order valence-electron chi connectivity index (χ2n) is 7.99. The molecule has 31 heavy (non-hydrogen) atoms. The maximum Gasteiger partial charge on any atom is 0.416 e. The van der Waals surface area contributed by atoms with E-state index in [1.165, 1.54) is 4.31 Å². The van der Waals surface area contributed by atoms with Crippen LogP contribution in [0.2, 0.25) is 0 Å². The van der Waals surface area contributed by atoms with Crippen molar-refractivity contribution >= 4 is 27.6 Å². The number of halogens is 3. The molecule has 2 fully saturated rings. The van der Waals surface area contributed by atoms with E-state index in [-0.39, 0.29) is 17.8 Å². The molecule has 2 saturated heterocycles. The van der Waals surface area contributed by atoms with Gasteiger partial charge in [-0.05, 0) is 31.9 Å². The molecule has 12 heteroatoms. The lowest BCUT2D eigenvalue weighted by Crippen LogP contribution is -2.48. The number of pyridine rings is 1. The van der Waals surface area contributed by atoms with Gasteiger partial charge in [0.05, 0.1) is 17.5 Å². The maximum absolute atomic E-state index is 13.0. The molecule has 0 bridgehead atoms. The molecular weight excluding hydrogens is 433 g/mol. The number of hydrogen-bond acceptors (Lipinski definition) is 7. The van der Waals surface area contributed by atoms with Crippen LogP contribution in [-0.2, 0) is 16.2 Å². The third-order valence-corrected chi connectivity index (χ3v) is 6.86. The molecule has 0 aliphatic carbocycles. The summed E-state index contributed by atoms with van der Waals surface area (Å²) in [6, 6.07) is 3.72. The molecule has 0 unspecified atom stereocenters. The molecule has 1 atom stereocenters. The van der Waals surface area contributed by atoms with Gasteiger partial charge in [-0.1, -0.05) is 0 Å². The minimum Gasteiger partial charge on any atom is -0.338 e. The fraction of sp³-hybridized carbons (Fsp3) is 0.526. The van der Waals surface area contributed by atoms with Gasteiger partial charge in [-0.2, -0.15) is 18.2 Å². The van der Waals surface area contributed by atoms with Crippen LogP contribution in [-0.4, -0.2) is 59.6 Å². The molecule has 4 rings (SSSR count). The zero-order valence-electron chi connectivity index (χ0n) is 17.1. The largest absolute Gasteiger partial charge is 0.416 e. The number of rotatable bonds is 5. The summed E-state index contributed by atoms with van der Waals surface area (Å²) in [4.78, 5) is 15.2. The molecule has 2 aromatic heterocycles. The fourth-order valence-electron chi connectivity index (χ4n) is 3.79. The minimum absolute atomic E-state index is 0.0197. The van der Waals surface area contributed by atoms with Gasteiger partial charge >= 0.3 is 6.18 Å². The average molecular weight is 456 g/mol. The Balaban J connectivity index is 1.64. The van der Waals surface area contributed by atoms with E-state index in [1.807, 2.05) is 0 Å². The summed E-state index contributed by atoms with van der Waals surface area (Å²) in [6.07, 6.45) is -0.234. The minimum atomic E-state index is -4.48. The molecule has 0 spiro atoms. The van der Waals surface area contributed by atoms with E-state index < -0.39 is 21.8 Å². The zero-order valence-corrected chi connectivity index (χ0v) is 17.9. The number of nitrogens with one attached hydrogen (secondary N) is 1. The third-order valence-electron chi connectivity index (χ3n) is 5.62. The van der Waals surface area contributed by atoms with Gasteiger partial charge in [-0.15, -0.1) is 0 Å². The van der Waals surface area contributed by atoms with E-state index in [4.69, 9.17) is 0 Å². The highest BCUT2D eigenvalue weighted by Crippen LogP contribution is 2.33. The highest BCUT2D eigenvalue weighted by Gasteiger charge is 2.36. The van der Waals surface area contributed by atoms with Crippen molar-refractivity contribution in [1.29, 1.82) is 0 Å². The summed E-state index contributed by atoms with van der Waals surface area (Å²) in [6.45, 7) is 3.48. The van der Waals surface area contributed by atoms with Crippen molar-refractivity contribution in [1.82, 2.24) is 19.3 Å². The number of aromatic nitrogens is 3. The summed E-state index contributed by atoms with van der Waals surface area (Å²) >= 11 is 0. The Morgan fingerprint density at radius 3 is 2.52 bits per heavy atom. The van der Waals surface area contributed by atoms with Crippen LogP contribution in [0.4, 0.5) is 30.8 Å². The molecule has 0 aromatic carbocycles. The van der Waals surface area contributed by atoms with Crippen LogP contribution >= 0.6 is 0 Å². The van der Waals surface area contributed by atoms with Crippen molar-refractivity contribution in [2.24, 2.45) is 0 Å². The number of sulfonamides is 1. The molecule has 2 aliphatic rings. The van der Waals surface area contributed by atoms with Crippen LogP contribution in [0.3, 0.4) is 0 Å². The van der Waals surface area contributed by atoms with Crippen LogP contribution in [0.1, 0.15) is 36.9 Å². The zero-order chi connectivity index (χ0) is 22.4. The lowest BCUT2D eigenvalue weighted by Gasteiger charge is -2.37. The third kappa shape index (κ3) is 4.74. The second kappa shape index (κ2) is 7.90. The number of nitrogens with zero attached hydrogens (tertiary/aromatic N) is 5. The van der Waals surface area contributed by atoms with Gasteiger partial charge in [-0.25, -0.2) is 22.7 Å². The molecule has 0 radical (unpaired) electrons. The Labute approximate surface area is 178 Å². The van der Waals surface area contributed by atoms with Crippen molar-refractivity contribution in [2.45, 2.75) is 37.9 Å². The Kier molecular flexibility index (Phi) is 5.54. The summed E-state index contributed by atoms with van der Waals surface area (Å²) in [5.74, 6) is 0.717. The summed E-state index contributed by atoms with van der Waals surface area (Å²) in [5.41, 5.74) is -0.158. The van der Waals surface area contributed by atoms with Crippen LogP contribution in [0.25, 0.3) is 0 Å². The first-order valence-electron chi connectivity index (χ1n) is 9.92. The van der Waals surface area contributed by atoms with Crippen molar-refractivity contribution < 1.29 is 21.6 Å². The van der Waals surface area contributed by atoms with E-state index in [2.05, 4.69) is 32.1 Å². The van der Waals surface area contributed by atoms with Crippen molar-refractivity contribution in [3.05, 3.63) is 35.7 Å². The quantitative estimate of drug-likeness (QED) is 0.740. The summed E-state index contributed by atoms with van der Waals surface area (Å²) in [7, 11) is -3.27. The standard InChI is InChI=1S/C19H23F3N6O2S/c1-12-4-3-7-28(12)18-24-15(13-10-27(11-13)31(2,29)30)9-17(26-18)25-16-8-14(5-6-23-16)19(20,21)22/h5-6,8-9,12-13H,3-4,7,10-11H2,1-2H3,(H,23,24,25,26)/t12-/m1/s1. The normalized spacial score (nSPS) is 20.7. The SMILES string of the molecule is C[C@@H]1CCCN1c1nc(Nc2cc(C(F)(F)F)ccn2)cc(C2CN(S(C)(=O)=O)C2)n1. The van der Waals surface area contributed by atoms with E-state index in [1.54, 1.807) is 6.07 Å². The number of anilines is 3. The fourth-order valence-corrected chi connectivity index (χ4v) is 4.69. The van der Waals surface area contributed by atoms with Gasteiger partial charge in [0.1, 0.15) is 11.6 Å². The van der Waals surface area contributed by atoms with Gasteiger partial charge in [0.15, 0.2) is 0 Å². The van der Waals surface area contributed by atoms with E-state index in [9.17, 15) is 21.6 Å².